The van der Waals surface area contributed by atoms with Crippen LogP contribution in [-0.4, -0.2) is 9.97 Å². The van der Waals surface area contributed by atoms with Crippen LogP contribution >= 0.6 is 0 Å². The van der Waals surface area contributed by atoms with Crippen LogP contribution in [0.1, 0.15) is 69.1 Å². The fourth-order valence-electron chi connectivity index (χ4n) is 3.48. The first-order valence-electron chi connectivity index (χ1n) is 11.5. The Morgan fingerprint density at radius 3 is 2.12 bits per heavy atom. The zero-order valence-electron chi connectivity index (χ0n) is 19.3. The summed E-state index contributed by atoms with van der Waals surface area (Å²) >= 11 is 0. The van der Waals surface area contributed by atoms with E-state index in [2.05, 4.69) is 41.4 Å². The van der Waals surface area contributed by atoms with E-state index < -0.39 is 11.7 Å². The van der Waals surface area contributed by atoms with Crippen molar-refractivity contribution in [1.82, 2.24) is 9.97 Å². The summed E-state index contributed by atoms with van der Waals surface area (Å²) in [6.07, 6.45) is 1.74. The van der Waals surface area contributed by atoms with Crippen LogP contribution in [0.2, 0.25) is 0 Å². The Kier molecular flexibility index (Phi) is 8.31. The molecule has 0 aliphatic rings. The van der Waals surface area contributed by atoms with Gasteiger partial charge in [0.15, 0.2) is 0 Å². The maximum absolute atomic E-state index is 13.6. The van der Waals surface area contributed by atoms with Gasteiger partial charge in [-0.2, -0.15) is 18.2 Å². The van der Waals surface area contributed by atoms with Gasteiger partial charge < -0.3 is 10.6 Å². The van der Waals surface area contributed by atoms with Crippen molar-refractivity contribution >= 4 is 23.1 Å². The van der Waals surface area contributed by atoms with Crippen molar-refractivity contribution in [2.45, 2.75) is 65.0 Å². The molecule has 1 aromatic heterocycles. The highest BCUT2D eigenvalue weighted by molar-refractivity contribution is 5.63. The van der Waals surface area contributed by atoms with Gasteiger partial charge in [-0.25, -0.2) is 4.98 Å². The van der Waals surface area contributed by atoms with Crippen molar-refractivity contribution in [1.29, 1.82) is 0 Å². The fourth-order valence-corrected chi connectivity index (χ4v) is 3.48. The monoisotopic (exact) mass is 456 g/mol. The lowest BCUT2D eigenvalue weighted by molar-refractivity contribution is -0.137. The van der Waals surface area contributed by atoms with Gasteiger partial charge in [0.25, 0.3) is 0 Å². The van der Waals surface area contributed by atoms with Crippen LogP contribution in [-0.2, 0) is 12.6 Å². The quantitative estimate of drug-likeness (QED) is 0.302. The van der Waals surface area contributed by atoms with Crippen molar-refractivity contribution in [2.24, 2.45) is 0 Å². The molecule has 0 radical (unpaired) electrons. The Labute approximate surface area is 193 Å². The van der Waals surface area contributed by atoms with Gasteiger partial charge in [-0.15, -0.1) is 0 Å². The number of halogens is 3. The Hall–Kier alpha value is -3.09. The molecule has 3 aromatic rings. The average Bonchev–Trinajstić information content (AvgIpc) is 2.80. The molecule has 0 aliphatic heterocycles. The predicted molar refractivity (Wildman–Crippen MR) is 128 cm³/mol. The second-order valence-electron chi connectivity index (χ2n) is 8.29. The highest BCUT2D eigenvalue weighted by atomic mass is 19.4. The van der Waals surface area contributed by atoms with Gasteiger partial charge >= 0.3 is 6.18 Å². The molecule has 176 valence electrons. The van der Waals surface area contributed by atoms with Crippen LogP contribution in [0, 0.1) is 0 Å². The summed E-state index contributed by atoms with van der Waals surface area (Å²) in [6, 6.07) is 15.2. The number of anilines is 4. The van der Waals surface area contributed by atoms with E-state index in [1.54, 1.807) is 12.1 Å². The second kappa shape index (κ2) is 11.2. The second-order valence-corrected chi connectivity index (χ2v) is 8.29. The van der Waals surface area contributed by atoms with E-state index in [4.69, 9.17) is 0 Å². The van der Waals surface area contributed by atoms with E-state index in [0.717, 1.165) is 36.7 Å². The van der Waals surface area contributed by atoms with E-state index in [1.807, 2.05) is 36.4 Å². The fraction of sp³-hybridized carbons (Fsp3) is 0.385. The van der Waals surface area contributed by atoms with E-state index in [-0.39, 0.29) is 11.8 Å². The molecule has 0 amide bonds. The SMILES string of the molecule is CCCCCc1ccc(Nc2ncc(C(F)(F)F)c(Nc3ccc(C(C)CC)cc3)n2)cc1. The van der Waals surface area contributed by atoms with Crippen LogP contribution in [0.15, 0.2) is 54.7 Å². The highest BCUT2D eigenvalue weighted by Gasteiger charge is 2.35. The minimum atomic E-state index is -4.57. The zero-order chi connectivity index (χ0) is 23.8. The van der Waals surface area contributed by atoms with E-state index >= 15 is 0 Å². The number of benzene rings is 2. The minimum absolute atomic E-state index is 0.0976. The zero-order valence-corrected chi connectivity index (χ0v) is 19.3. The smallest absolute Gasteiger partial charge is 0.340 e. The molecule has 2 N–H and O–H groups in total. The van der Waals surface area contributed by atoms with E-state index in [1.165, 1.54) is 18.4 Å². The van der Waals surface area contributed by atoms with E-state index in [9.17, 15) is 13.2 Å². The van der Waals surface area contributed by atoms with Crippen LogP contribution in [0.25, 0.3) is 0 Å². The molecule has 1 atom stereocenters. The number of unbranched alkanes of at least 4 members (excludes halogenated alkanes) is 2. The maximum Gasteiger partial charge on any atom is 0.421 e. The van der Waals surface area contributed by atoms with Gasteiger partial charge in [0.2, 0.25) is 5.95 Å². The van der Waals surface area contributed by atoms with Gasteiger partial charge in [0.05, 0.1) is 0 Å². The molecule has 1 unspecified atom stereocenters. The molecule has 0 bridgehead atoms. The van der Waals surface area contributed by atoms with E-state index in [0.29, 0.717) is 11.6 Å². The first-order valence-corrected chi connectivity index (χ1v) is 11.5. The first kappa shape index (κ1) is 24.6. The Morgan fingerprint density at radius 1 is 0.879 bits per heavy atom. The Morgan fingerprint density at radius 2 is 1.52 bits per heavy atom. The average molecular weight is 457 g/mol. The van der Waals surface area contributed by atoms with Crippen molar-refractivity contribution < 1.29 is 13.2 Å². The third-order valence-electron chi connectivity index (χ3n) is 5.73. The lowest BCUT2D eigenvalue weighted by atomic mass is 9.99. The molecule has 7 heteroatoms. The van der Waals surface area contributed by atoms with Crippen LogP contribution in [0.5, 0.6) is 0 Å². The standard InChI is InChI=1S/C26H31F3N4/c1-4-6-7-8-19-9-13-22(14-10-19)32-25-30-17-23(26(27,28)29)24(33-25)31-21-15-11-20(12-16-21)18(3)5-2/h9-18H,4-8H2,1-3H3,(H2,30,31,32,33). The molecule has 3 rings (SSSR count). The van der Waals surface area contributed by atoms with Gasteiger partial charge in [-0.05, 0) is 60.6 Å². The Bertz CT molecular complexity index is 1020. The lowest BCUT2D eigenvalue weighted by Gasteiger charge is -2.16. The van der Waals surface area contributed by atoms with Crippen molar-refractivity contribution in [2.75, 3.05) is 10.6 Å². The largest absolute Gasteiger partial charge is 0.421 e. The van der Waals surface area contributed by atoms with Gasteiger partial charge in [0.1, 0.15) is 11.4 Å². The third kappa shape index (κ3) is 6.94. The number of hydrogen-bond acceptors (Lipinski definition) is 4. The molecule has 33 heavy (non-hydrogen) atoms. The summed E-state index contributed by atoms with van der Waals surface area (Å²) in [5, 5.41) is 5.82. The number of aryl methyl sites for hydroxylation is 1. The number of aromatic nitrogens is 2. The predicted octanol–water partition coefficient (Wildman–Crippen LogP) is 8.23. The summed E-state index contributed by atoms with van der Waals surface area (Å²) < 4.78 is 40.7. The summed E-state index contributed by atoms with van der Waals surface area (Å²) in [7, 11) is 0. The van der Waals surface area contributed by atoms with Crippen LogP contribution in [0.4, 0.5) is 36.3 Å². The van der Waals surface area contributed by atoms with Gasteiger partial charge in [-0.1, -0.05) is 57.9 Å². The Balaban J connectivity index is 1.78. The summed E-state index contributed by atoms with van der Waals surface area (Å²) in [5.41, 5.74) is 2.71. The van der Waals surface area contributed by atoms with Gasteiger partial charge in [0, 0.05) is 17.6 Å². The number of hydrogen-bond donors (Lipinski definition) is 2. The summed E-state index contributed by atoms with van der Waals surface area (Å²) in [5.74, 6) is 0.200. The molecule has 4 nitrogen and oxygen atoms in total. The molecule has 0 fully saturated rings. The summed E-state index contributed by atoms with van der Waals surface area (Å²) in [4.78, 5) is 8.03. The molecule has 1 heterocycles. The molecule has 0 saturated heterocycles. The summed E-state index contributed by atoms with van der Waals surface area (Å²) in [6.45, 7) is 6.38. The molecule has 0 aliphatic carbocycles. The lowest BCUT2D eigenvalue weighted by Crippen LogP contribution is -2.12. The highest BCUT2D eigenvalue weighted by Crippen LogP contribution is 2.35. The first-order chi connectivity index (χ1) is 15.8. The minimum Gasteiger partial charge on any atom is -0.340 e. The maximum atomic E-state index is 13.6. The third-order valence-corrected chi connectivity index (χ3v) is 5.73. The molecule has 0 spiro atoms. The molecule has 2 aromatic carbocycles. The van der Waals surface area contributed by atoms with Crippen LogP contribution in [0.3, 0.4) is 0 Å². The molecule has 0 saturated carbocycles. The van der Waals surface area contributed by atoms with Crippen LogP contribution < -0.4 is 10.6 Å². The molecular formula is C26H31F3N4. The molecular weight excluding hydrogens is 425 g/mol. The van der Waals surface area contributed by atoms with Crippen molar-refractivity contribution in [3.8, 4) is 0 Å². The topological polar surface area (TPSA) is 49.8 Å². The number of nitrogens with one attached hydrogen (secondary N) is 2. The van der Waals surface area contributed by atoms with Crippen molar-refractivity contribution in [3.05, 3.63) is 71.4 Å². The van der Waals surface area contributed by atoms with Gasteiger partial charge in [-0.3, -0.25) is 0 Å². The normalized spacial score (nSPS) is 12.4. The number of rotatable bonds is 10. The number of nitrogens with zero attached hydrogens (tertiary/aromatic N) is 2. The number of alkyl halides is 3. The van der Waals surface area contributed by atoms with Crippen molar-refractivity contribution in [3.63, 3.8) is 0 Å².